The Bertz CT molecular complexity index is 438. The van der Waals surface area contributed by atoms with Crippen molar-refractivity contribution in [2.75, 3.05) is 0 Å². The van der Waals surface area contributed by atoms with Gasteiger partial charge in [0.2, 0.25) is 0 Å². The zero-order valence-electron chi connectivity index (χ0n) is 11.6. The molecule has 1 aliphatic carbocycles. The molecule has 1 aromatic rings. The lowest BCUT2D eigenvalue weighted by atomic mass is 10.1. The van der Waals surface area contributed by atoms with Gasteiger partial charge in [-0.15, -0.1) is 0 Å². The summed E-state index contributed by atoms with van der Waals surface area (Å²) < 4.78 is 5.29. The van der Waals surface area contributed by atoms with Crippen LogP contribution in [0, 0.1) is 5.92 Å². The summed E-state index contributed by atoms with van der Waals surface area (Å²) in [5.41, 5.74) is 1.09. The van der Waals surface area contributed by atoms with E-state index in [1.807, 2.05) is 42.5 Å². The standard InChI is InChI=1S/C17H21BrO2/c18-16(13-12-14-6-2-1-3-7-14)20-17(19)9-5-4-8-15-10-11-15/h1-3,6-7,12-13,15-16H,4-5,8-11H2/b13-12+. The number of hydrogen-bond donors (Lipinski definition) is 0. The van der Waals surface area contributed by atoms with E-state index < -0.39 is 0 Å². The molecule has 1 unspecified atom stereocenters. The molecule has 1 atom stereocenters. The first-order valence-electron chi connectivity index (χ1n) is 7.31. The normalized spacial score (nSPS) is 16.2. The molecular formula is C17H21BrO2. The number of unbranched alkanes of at least 4 members (excludes halogenated alkanes) is 1. The van der Waals surface area contributed by atoms with Gasteiger partial charge in [0.05, 0.1) is 0 Å². The Hall–Kier alpha value is -1.09. The number of ether oxygens (including phenoxy) is 1. The Morgan fingerprint density at radius 2 is 2.05 bits per heavy atom. The third-order valence-corrected chi connectivity index (χ3v) is 3.92. The van der Waals surface area contributed by atoms with E-state index in [0.717, 1.165) is 24.3 Å². The van der Waals surface area contributed by atoms with Gasteiger partial charge in [-0.05, 0) is 39.9 Å². The van der Waals surface area contributed by atoms with E-state index in [9.17, 15) is 4.79 Å². The van der Waals surface area contributed by atoms with E-state index in [4.69, 9.17) is 4.74 Å². The first kappa shape index (κ1) is 15.3. The van der Waals surface area contributed by atoms with Crippen LogP contribution in [-0.2, 0) is 9.53 Å². The molecular weight excluding hydrogens is 316 g/mol. The van der Waals surface area contributed by atoms with Gasteiger partial charge in [0.1, 0.15) is 0 Å². The largest absolute Gasteiger partial charge is 0.446 e. The third-order valence-electron chi connectivity index (χ3n) is 3.42. The summed E-state index contributed by atoms with van der Waals surface area (Å²) in [7, 11) is 0. The van der Waals surface area contributed by atoms with Gasteiger partial charge in [-0.2, -0.15) is 0 Å². The minimum Gasteiger partial charge on any atom is -0.446 e. The number of esters is 1. The van der Waals surface area contributed by atoms with E-state index in [0.29, 0.717) is 6.42 Å². The Morgan fingerprint density at radius 3 is 2.75 bits per heavy atom. The molecule has 0 radical (unpaired) electrons. The van der Waals surface area contributed by atoms with Crippen LogP contribution in [0.3, 0.4) is 0 Å². The molecule has 0 aliphatic heterocycles. The molecule has 2 rings (SSSR count). The zero-order chi connectivity index (χ0) is 14.2. The fraction of sp³-hybridized carbons (Fsp3) is 0.471. The number of carbonyl (C=O) groups excluding carboxylic acids is 1. The molecule has 1 aromatic carbocycles. The van der Waals surface area contributed by atoms with Gasteiger partial charge < -0.3 is 4.74 Å². The maximum Gasteiger partial charge on any atom is 0.307 e. The van der Waals surface area contributed by atoms with Crippen molar-refractivity contribution in [2.45, 2.75) is 43.5 Å². The lowest BCUT2D eigenvalue weighted by molar-refractivity contribution is -0.143. The Labute approximate surface area is 129 Å². The van der Waals surface area contributed by atoms with Gasteiger partial charge in [-0.1, -0.05) is 62.1 Å². The average Bonchev–Trinajstić information content (AvgIpc) is 3.27. The van der Waals surface area contributed by atoms with Gasteiger partial charge in [-0.25, -0.2) is 0 Å². The van der Waals surface area contributed by atoms with Crippen molar-refractivity contribution in [1.29, 1.82) is 0 Å². The number of benzene rings is 1. The van der Waals surface area contributed by atoms with Crippen LogP contribution in [0.15, 0.2) is 36.4 Å². The second kappa shape index (κ2) is 8.25. The highest BCUT2D eigenvalue weighted by Gasteiger charge is 2.20. The minimum absolute atomic E-state index is 0.125. The number of carbonyl (C=O) groups is 1. The van der Waals surface area contributed by atoms with Crippen molar-refractivity contribution in [3.05, 3.63) is 42.0 Å². The second-order valence-electron chi connectivity index (χ2n) is 5.30. The SMILES string of the molecule is O=C(CCCCC1CC1)OC(Br)/C=C/c1ccccc1. The van der Waals surface area contributed by atoms with Crippen molar-refractivity contribution in [3.63, 3.8) is 0 Å². The van der Waals surface area contributed by atoms with Crippen LogP contribution in [-0.4, -0.2) is 11.0 Å². The van der Waals surface area contributed by atoms with Crippen LogP contribution in [0.1, 0.15) is 44.1 Å². The molecule has 108 valence electrons. The molecule has 0 aromatic heterocycles. The lowest BCUT2D eigenvalue weighted by Gasteiger charge is -2.07. The summed E-state index contributed by atoms with van der Waals surface area (Å²) in [6.45, 7) is 0. The molecule has 3 heteroatoms. The molecule has 2 nitrogen and oxygen atoms in total. The molecule has 1 aliphatic rings. The quantitative estimate of drug-likeness (QED) is 0.382. The lowest BCUT2D eigenvalue weighted by Crippen LogP contribution is -2.09. The fourth-order valence-corrected chi connectivity index (χ4v) is 2.44. The minimum atomic E-state index is -0.348. The van der Waals surface area contributed by atoms with E-state index >= 15 is 0 Å². The molecule has 1 fully saturated rings. The Kier molecular flexibility index (Phi) is 6.31. The van der Waals surface area contributed by atoms with Crippen LogP contribution in [0.5, 0.6) is 0 Å². The van der Waals surface area contributed by atoms with Crippen LogP contribution in [0.4, 0.5) is 0 Å². The third kappa shape index (κ3) is 6.38. The van der Waals surface area contributed by atoms with Crippen molar-refractivity contribution in [3.8, 4) is 0 Å². The summed E-state index contributed by atoms with van der Waals surface area (Å²) in [5.74, 6) is 0.823. The predicted molar refractivity (Wildman–Crippen MR) is 85.5 cm³/mol. The van der Waals surface area contributed by atoms with Crippen LogP contribution in [0.2, 0.25) is 0 Å². The van der Waals surface area contributed by atoms with Crippen molar-refractivity contribution >= 4 is 28.0 Å². The van der Waals surface area contributed by atoms with E-state index in [1.54, 1.807) is 0 Å². The smallest absolute Gasteiger partial charge is 0.307 e. The van der Waals surface area contributed by atoms with Crippen molar-refractivity contribution in [2.24, 2.45) is 5.92 Å². The van der Waals surface area contributed by atoms with Gasteiger partial charge >= 0.3 is 5.97 Å². The van der Waals surface area contributed by atoms with Crippen molar-refractivity contribution in [1.82, 2.24) is 0 Å². The summed E-state index contributed by atoms with van der Waals surface area (Å²) in [6, 6.07) is 9.96. The van der Waals surface area contributed by atoms with Crippen LogP contribution < -0.4 is 0 Å². The summed E-state index contributed by atoms with van der Waals surface area (Å²) in [6.07, 6.45) is 10.4. The molecule has 0 saturated heterocycles. The maximum absolute atomic E-state index is 11.6. The van der Waals surface area contributed by atoms with Gasteiger partial charge in [0.15, 0.2) is 5.01 Å². The van der Waals surface area contributed by atoms with E-state index in [1.165, 1.54) is 19.3 Å². The van der Waals surface area contributed by atoms with E-state index in [-0.39, 0.29) is 11.0 Å². The maximum atomic E-state index is 11.6. The number of halogens is 1. The Balaban J connectivity index is 1.61. The molecule has 1 saturated carbocycles. The highest BCUT2D eigenvalue weighted by atomic mass is 79.9. The first-order chi connectivity index (χ1) is 9.74. The molecule has 0 N–H and O–H groups in total. The summed E-state index contributed by atoms with van der Waals surface area (Å²) in [5, 5.41) is -0.348. The van der Waals surface area contributed by atoms with Crippen LogP contribution in [0.25, 0.3) is 6.08 Å². The van der Waals surface area contributed by atoms with Crippen LogP contribution >= 0.6 is 15.9 Å². The number of hydrogen-bond acceptors (Lipinski definition) is 2. The first-order valence-corrected chi connectivity index (χ1v) is 8.22. The summed E-state index contributed by atoms with van der Waals surface area (Å²) in [4.78, 5) is 11.6. The highest BCUT2D eigenvalue weighted by molar-refractivity contribution is 9.09. The number of alkyl halides is 1. The average molecular weight is 337 g/mol. The molecule has 0 amide bonds. The monoisotopic (exact) mass is 336 g/mol. The topological polar surface area (TPSA) is 26.3 Å². The molecule has 20 heavy (non-hydrogen) atoms. The van der Waals surface area contributed by atoms with E-state index in [2.05, 4.69) is 15.9 Å². The molecule has 0 spiro atoms. The number of rotatable bonds is 8. The van der Waals surface area contributed by atoms with Gasteiger partial charge in [-0.3, -0.25) is 4.79 Å². The fourth-order valence-electron chi connectivity index (χ4n) is 2.08. The highest BCUT2D eigenvalue weighted by Crippen LogP contribution is 2.34. The predicted octanol–water partition coefficient (Wildman–Crippen LogP) is 4.93. The molecule has 0 heterocycles. The van der Waals surface area contributed by atoms with Gasteiger partial charge in [0.25, 0.3) is 0 Å². The summed E-state index contributed by atoms with van der Waals surface area (Å²) >= 11 is 3.35. The second-order valence-corrected chi connectivity index (χ2v) is 6.20. The van der Waals surface area contributed by atoms with Gasteiger partial charge in [0, 0.05) is 6.42 Å². The molecule has 0 bridgehead atoms. The van der Waals surface area contributed by atoms with Crippen molar-refractivity contribution < 1.29 is 9.53 Å². The zero-order valence-corrected chi connectivity index (χ0v) is 13.2. The Morgan fingerprint density at radius 1 is 1.30 bits per heavy atom.